The SMILES string of the molecule is c1ccc(CCc2cccc(NCC3CC34CCN(Cc3ccccc3)CC4)c2)cc1. The number of nitrogens with one attached hydrogen (secondary N) is 1. The molecule has 1 aliphatic heterocycles. The number of hydrogen-bond donors (Lipinski definition) is 1. The van der Waals surface area contributed by atoms with Gasteiger partial charge in [-0.05, 0) is 85.3 Å². The van der Waals surface area contributed by atoms with Crippen LogP contribution in [-0.2, 0) is 19.4 Å². The van der Waals surface area contributed by atoms with E-state index in [2.05, 4.69) is 95.1 Å². The Bertz CT molecular complexity index is 958. The number of benzene rings is 3. The smallest absolute Gasteiger partial charge is 0.0343 e. The molecule has 2 heteroatoms. The molecule has 0 radical (unpaired) electrons. The zero-order valence-electron chi connectivity index (χ0n) is 18.5. The highest BCUT2D eigenvalue weighted by molar-refractivity contribution is 5.46. The second kappa shape index (κ2) is 9.28. The van der Waals surface area contributed by atoms with E-state index in [1.54, 1.807) is 0 Å². The van der Waals surface area contributed by atoms with E-state index in [1.165, 1.54) is 54.7 Å². The Labute approximate surface area is 187 Å². The summed E-state index contributed by atoms with van der Waals surface area (Å²) < 4.78 is 0. The summed E-state index contributed by atoms with van der Waals surface area (Å²) in [6, 6.07) is 30.7. The third kappa shape index (κ3) is 5.19. The van der Waals surface area contributed by atoms with Gasteiger partial charge >= 0.3 is 0 Å². The molecule has 3 aromatic carbocycles. The van der Waals surface area contributed by atoms with Crippen molar-refractivity contribution in [1.29, 1.82) is 0 Å². The van der Waals surface area contributed by atoms with Gasteiger partial charge in [-0.1, -0.05) is 72.8 Å². The Hall–Kier alpha value is -2.58. The number of likely N-dealkylation sites (tertiary alicyclic amines) is 1. The van der Waals surface area contributed by atoms with Crippen LogP contribution in [0.5, 0.6) is 0 Å². The predicted molar refractivity (Wildman–Crippen MR) is 130 cm³/mol. The molecular formula is C29H34N2. The van der Waals surface area contributed by atoms with Crippen molar-refractivity contribution in [3.8, 4) is 0 Å². The Morgan fingerprint density at radius 1 is 0.742 bits per heavy atom. The third-order valence-electron chi connectivity index (χ3n) is 7.48. The summed E-state index contributed by atoms with van der Waals surface area (Å²) in [4.78, 5) is 2.64. The molecule has 0 amide bonds. The van der Waals surface area contributed by atoms with Crippen LogP contribution in [0.25, 0.3) is 0 Å². The molecule has 3 aromatic rings. The minimum atomic E-state index is 0.616. The van der Waals surface area contributed by atoms with Crippen molar-refractivity contribution in [1.82, 2.24) is 4.90 Å². The van der Waals surface area contributed by atoms with Gasteiger partial charge in [0.2, 0.25) is 0 Å². The topological polar surface area (TPSA) is 15.3 Å². The fraction of sp³-hybridized carbons (Fsp3) is 0.379. The van der Waals surface area contributed by atoms with Crippen molar-refractivity contribution in [2.75, 3.05) is 25.0 Å². The van der Waals surface area contributed by atoms with Crippen LogP contribution in [0.15, 0.2) is 84.9 Å². The van der Waals surface area contributed by atoms with Gasteiger partial charge in [0.25, 0.3) is 0 Å². The van der Waals surface area contributed by atoms with E-state index in [1.807, 2.05) is 0 Å². The van der Waals surface area contributed by atoms with Crippen molar-refractivity contribution in [2.45, 2.75) is 38.6 Å². The molecule has 0 aromatic heterocycles. The number of anilines is 1. The molecular weight excluding hydrogens is 376 g/mol. The molecule has 160 valence electrons. The molecule has 1 unspecified atom stereocenters. The van der Waals surface area contributed by atoms with Crippen LogP contribution in [0.1, 0.15) is 36.0 Å². The van der Waals surface area contributed by atoms with Crippen LogP contribution >= 0.6 is 0 Å². The minimum Gasteiger partial charge on any atom is -0.385 e. The Morgan fingerprint density at radius 2 is 1.39 bits per heavy atom. The Balaban J connectivity index is 1.07. The highest BCUT2D eigenvalue weighted by atomic mass is 15.1. The molecule has 1 aliphatic carbocycles. The minimum absolute atomic E-state index is 0.616. The summed E-state index contributed by atoms with van der Waals surface area (Å²) >= 11 is 0. The first-order valence-corrected chi connectivity index (χ1v) is 11.9. The first-order valence-electron chi connectivity index (χ1n) is 11.9. The van der Waals surface area contributed by atoms with Gasteiger partial charge in [-0.15, -0.1) is 0 Å². The largest absolute Gasteiger partial charge is 0.385 e. The highest BCUT2D eigenvalue weighted by Crippen LogP contribution is 2.59. The number of rotatable bonds is 8. The molecule has 1 spiro atoms. The first kappa shape index (κ1) is 20.3. The van der Waals surface area contributed by atoms with E-state index in [-0.39, 0.29) is 0 Å². The molecule has 2 fully saturated rings. The second-order valence-corrected chi connectivity index (χ2v) is 9.59. The van der Waals surface area contributed by atoms with E-state index in [0.717, 1.165) is 31.8 Å². The maximum atomic E-state index is 3.75. The maximum Gasteiger partial charge on any atom is 0.0343 e. The van der Waals surface area contributed by atoms with Crippen molar-refractivity contribution < 1.29 is 0 Å². The van der Waals surface area contributed by atoms with Crippen LogP contribution in [-0.4, -0.2) is 24.5 Å². The molecule has 1 atom stereocenters. The van der Waals surface area contributed by atoms with Crippen molar-refractivity contribution >= 4 is 5.69 Å². The Kier molecular flexibility index (Phi) is 6.08. The molecule has 0 bridgehead atoms. The lowest BCUT2D eigenvalue weighted by atomic mass is 9.90. The maximum absolute atomic E-state index is 3.75. The quantitative estimate of drug-likeness (QED) is 0.476. The van der Waals surface area contributed by atoms with Gasteiger partial charge in [0, 0.05) is 18.8 Å². The van der Waals surface area contributed by atoms with Crippen molar-refractivity contribution in [2.24, 2.45) is 11.3 Å². The van der Waals surface area contributed by atoms with Gasteiger partial charge < -0.3 is 5.32 Å². The average molecular weight is 411 g/mol. The average Bonchev–Trinajstić information content (AvgIpc) is 3.51. The lowest BCUT2D eigenvalue weighted by Gasteiger charge is -2.33. The number of hydrogen-bond acceptors (Lipinski definition) is 2. The number of nitrogens with zero attached hydrogens (tertiary/aromatic N) is 1. The van der Waals surface area contributed by atoms with Crippen LogP contribution in [0.2, 0.25) is 0 Å². The van der Waals surface area contributed by atoms with Crippen LogP contribution < -0.4 is 5.32 Å². The molecule has 5 rings (SSSR count). The fourth-order valence-corrected chi connectivity index (χ4v) is 5.34. The summed E-state index contributed by atoms with van der Waals surface area (Å²) in [7, 11) is 0. The Morgan fingerprint density at radius 3 is 2.13 bits per heavy atom. The normalized spacial score (nSPS) is 19.9. The number of aryl methyl sites for hydroxylation is 2. The monoisotopic (exact) mass is 410 g/mol. The third-order valence-corrected chi connectivity index (χ3v) is 7.48. The van der Waals surface area contributed by atoms with Gasteiger partial charge in [-0.3, -0.25) is 4.90 Å². The van der Waals surface area contributed by atoms with Gasteiger partial charge in [-0.25, -0.2) is 0 Å². The zero-order valence-corrected chi connectivity index (χ0v) is 18.5. The van der Waals surface area contributed by atoms with Gasteiger partial charge in [0.05, 0.1) is 0 Å². The zero-order chi connectivity index (χ0) is 20.9. The van der Waals surface area contributed by atoms with Crippen LogP contribution in [0.4, 0.5) is 5.69 Å². The molecule has 1 heterocycles. The van der Waals surface area contributed by atoms with Crippen molar-refractivity contribution in [3.63, 3.8) is 0 Å². The number of piperidine rings is 1. The molecule has 2 aliphatic rings. The summed E-state index contributed by atoms with van der Waals surface area (Å²) in [5, 5.41) is 3.75. The lowest BCUT2D eigenvalue weighted by molar-refractivity contribution is 0.157. The van der Waals surface area contributed by atoms with Crippen molar-refractivity contribution in [3.05, 3.63) is 102 Å². The first-order chi connectivity index (χ1) is 15.3. The standard InChI is InChI=1S/C29H34N2/c1-3-8-24(9-4-1)14-15-25-12-7-13-28(20-25)30-22-27-21-29(27)16-18-31(19-17-29)23-26-10-5-2-6-11-26/h1-13,20,27,30H,14-19,21-23H2. The second-order valence-electron chi connectivity index (χ2n) is 9.59. The van der Waals surface area contributed by atoms with Crippen LogP contribution in [0, 0.1) is 11.3 Å². The molecule has 31 heavy (non-hydrogen) atoms. The predicted octanol–water partition coefficient (Wildman–Crippen LogP) is 6.19. The molecule has 1 saturated heterocycles. The van der Waals surface area contributed by atoms with E-state index in [9.17, 15) is 0 Å². The summed E-state index contributed by atoms with van der Waals surface area (Å²) in [5.41, 5.74) is 6.19. The molecule has 2 nitrogen and oxygen atoms in total. The summed E-state index contributed by atoms with van der Waals surface area (Å²) in [6.07, 6.45) is 6.35. The molecule has 1 saturated carbocycles. The van der Waals surface area contributed by atoms with Crippen LogP contribution in [0.3, 0.4) is 0 Å². The van der Waals surface area contributed by atoms with Gasteiger partial charge in [0.1, 0.15) is 0 Å². The van der Waals surface area contributed by atoms with Gasteiger partial charge in [-0.2, -0.15) is 0 Å². The van der Waals surface area contributed by atoms with E-state index in [4.69, 9.17) is 0 Å². The van der Waals surface area contributed by atoms with E-state index < -0.39 is 0 Å². The lowest BCUT2D eigenvalue weighted by Crippen LogP contribution is -2.35. The van der Waals surface area contributed by atoms with Gasteiger partial charge in [0.15, 0.2) is 0 Å². The molecule has 1 N–H and O–H groups in total. The van der Waals surface area contributed by atoms with E-state index >= 15 is 0 Å². The fourth-order valence-electron chi connectivity index (χ4n) is 5.34. The highest BCUT2D eigenvalue weighted by Gasteiger charge is 2.54. The summed E-state index contributed by atoms with van der Waals surface area (Å²) in [6.45, 7) is 4.73. The van der Waals surface area contributed by atoms with E-state index in [0.29, 0.717) is 5.41 Å². The summed E-state index contributed by atoms with van der Waals surface area (Å²) in [5.74, 6) is 0.847.